The maximum atomic E-state index is 9.20. The molecular weight excluding hydrogens is 137 g/mol. The van der Waals surface area contributed by atoms with Crippen molar-refractivity contribution >= 4 is 13.3 Å². The van der Waals surface area contributed by atoms with Crippen LogP contribution in [0.4, 0.5) is 4.79 Å². The van der Waals surface area contributed by atoms with Crippen LogP contribution in [0.3, 0.4) is 0 Å². The first-order chi connectivity index (χ1) is 2.94. The van der Waals surface area contributed by atoms with Crippen LogP contribution in [0.2, 0.25) is 0 Å². The molecule has 0 radical (unpaired) electrons. The first-order valence-corrected chi connectivity index (χ1v) is 2.74. The van der Waals surface area contributed by atoms with E-state index in [4.69, 9.17) is 9.90 Å². The molecule has 6 nitrogen and oxygen atoms in total. The van der Waals surface area contributed by atoms with Crippen LogP contribution in [-0.4, -0.2) is 10.8 Å². The van der Waals surface area contributed by atoms with Gasteiger partial charge in [0, 0.05) is 7.60 Å². The lowest BCUT2D eigenvalue weighted by Crippen LogP contribution is -2.19. The van der Waals surface area contributed by atoms with Crippen LogP contribution in [0.1, 0.15) is 1.43 Å². The van der Waals surface area contributed by atoms with Crippen molar-refractivity contribution in [3.05, 3.63) is 0 Å². The molecular formula is CH6NO5P. The molecule has 0 bridgehead atoms. The summed E-state index contributed by atoms with van der Waals surface area (Å²) < 4.78 is 9.20. The summed E-state index contributed by atoms with van der Waals surface area (Å²) in [7, 11) is -5.32. The summed E-state index contributed by atoms with van der Waals surface area (Å²) in [5, 5.41) is 7.36. The lowest BCUT2D eigenvalue weighted by Gasteiger charge is -2.22. The van der Waals surface area contributed by atoms with E-state index in [1.807, 2.05) is 0 Å². The SMILES string of the molecule is O=C(O)P(=O)([O-])[O-].[H+].[NH4+]. The summed E-state index contributed by atoms with van der Waals surface area (Å²) in [5.74, 6) is 0. The highest BCUT2D eigenvalue weighted by molar-refractivity contribution is 7.66. The second kappa shape index (κ2) is 2.78. The molecule has 0 aromatic rings. The molecule has 0 rings (SSSR count). The molecule has 8 heavy (non-hydrogen) atoms. The van der Waals surface area contributed by atoms with E-state index in [-0.39, 0.29) is 7.58 Å². The zero-order chi connectivity index (χ0) is 6.08. The molecule has 0 saturated carbocycles. The third-order valence-electron chi connectivity index (χ3n) is 0.234. The first-order valence-electron chi connectivity index (χ1n) is 1.20. The predicted octanol–water partition coefficient (Wildman–Crippen LogP) is -0.933. The fourth-order valence-corrected chi connectivity index (χ4v) is 0. The quantitative estimate of drug-likeness (QED) is 0.456. The van der Waals surface area contributed by atoms with Crippen molar-refractivity contribution in [2.24, 2.45) is 0 Å². The highest BCUT2D eigenvalue weighted by Gasteiger charge is 1.98. The van der Waals surface area contributed by atoms with Crippen molar-refractivity contribution < 1.29 is 25.7 Å². The van der Waals surface area contributed by atoms with Gasteiger partial charge in [-0.15, -0.1) is 0 Å². The van der Waals surface area contributed by atoms with Crippen LogP contribution < -0.4 is 15.9 Å². The lowest BCUT2D eigenvalue weighted by molar-refractivity contribution is -0.308. The molecule has 0 aliphatic rings. The topological polar surface area (TPSA) is 137 Å². The van der Waals surface area contributed by atoms with E-state index < -0.39 is 13.3 Å². The molecule has 0 atom stereocenters. The van der Waals surface area contributed by atoms with Crippen molar-refractivity contribution in [2.45, 2.75) is 0 Å². The zero-order valence-electron chi connectivity index (χ0n) is 5.03. The molecule has 0 aliphatic heterocycles. The van der Waals surface area contributed by atoms with Crippen molar-refractivity contribution in [2.75, 3.05) is 0 Å². The van der Waals surface area contributed by atoms with Crippen LogP contribution >= 0.6 is 7.60 Å². The van der Waals surface area contributed by atoms with Gasteiger partial charge >= 0.3 is 7.14 Å². The van der Waals surface area contributed by atoms with Gasteiger partial charge in [-0.2, -0.15) is 0 Å². The second-order valence-corrected chi connectivity index (χ2v) is 2.16. The molecule has 0 fully saturated rings. The van der Waals surface area contributed by atoms with Gasteiger partial charge in [-0.3, -0.25) is 0 Å². The minimum absolute atomic E-state index is 0. The first kappa shape index (κ1) is 10.5. The predicted molar refractivity (Wildman–Crippen MR) is 22.7 cm³/mol. The van der Waals surface area contributed by atoms with Gasteiger partial charge in [0.2, 0.25) is 0 Å². The Labute approximate surface area is 46.4 Å². The summed E-state index contributed by atoms with van der Waals surface area (Å²) in [6, 6.07) is 0. The number of hydrogen-bond acceptors (Lipinski definition) is 4. The standard InChI is InChI=1S/CH3O5P.H3N/c2-1(3)7(4,5)6;/h(H,2,3)(H2,4,5,6);1H3. The Hall–Kier alpha value is -0.420. The summed E-state index contributed by atoms with van der Waals surface area (Å²) in [6.45, 7) is 0. The third-order valence-corrected chi connectivity index (χ3v) is 0.703. The van der Waals surface area contributed by atoms with Gasteiger partial charge in [0.1, 0.15) is 0 Å². The number of carbonyl (C=O) groups is 1. The van der Waals surface area contributed by atoms with Gasteiger partial charge in [-0.25, -0.2) is 4.79 Å². The van der Waals surface area contributed by atoms with E-state index in [1.165, 1.54) is 0 Å². The number of carboxylic acid groups (broad SMARTS) is 1. The van der Waals surface area contributed by atoms with Gasteiger partial charge in [0.05, 0.1) is 0 Å². The minimum atomic E-state index is -5.32. The van der Waals surface area contributed by atoms with Gasteiger partial charge in [0.25, 0.3) is 0 Å². The Bertz CT molecular complexity index is 129. The monoisotopic (exact) mass is 143 g/mol. The normalized spacial score (nSPS) is 9.75. The van der Waals surface area contributed by atoms with E-state index in [0.29, 0.717) is 0 Å². The number of quaternary nitrogens is 1. The van der Waals surface area contributed by atoms with E-state index in [0.717, 1.165) is 0 Å². The molecule has 0 aromatic heterocycles. The van der Waals surface area contributed by atoms with Gasteiger partial charge in [-0.05, 0) is 0 Å². The molecule has 0 amide bonds. The smallest absolute Gasteiger partial charge is 0.803 e. The molecule has 5 N–H and O–H groups in total. The number of rotatable bonds is 1. The van der Waals surface area contributed by atoms with Gasteiger partial charge < -0.3 is 25.6 Å². The zero-order valence-corrected chi connectivity index (χ0v) is 4.92. The molecule has 0 unspecified atom stereocenters. The number of hydrogen-bond donors (Lipinski definition) is 2. The van der Waals surface area contributed by atoms with Crippen LogP contribution in [0, 0.1) is 0 Å². The fraction of sp³-hybridized carbons (Fsp3) is 0. The molecule has 0 spiro atoms. The maximum absolute atomic E-state index is 9.20. The van der Waals surface area contributed by atoms with Gasteiger partial charge in [0.15, 0.2) is 0 Å². The summed E-state index contributed by atoms with van der Waals surface area (Å²) in [6.07, 6.45) is 0. The molecule has 0 saturated heterocycles. The Morgan fingerprint density at radius 2 is 1.75 bits per heavy atom. The van der Waals surface area contributed by atoms with Crippen molar-refractivity contribution in [3.63, 3.8) is 0 Å². The van der Waals surface area contributed by atoms with Crippen LogP contribution in [0.25, 0.3) is 0 Å². The van der Waals surface area contributed by atoms with Gasteiger partial charge in [-0.1, -0.05) is 0 Å². The van der Waals surface area contributed by atoms with Crippen LogP contribution in [-0.2, 0) is 4.57 Å². The Kier molecular flexibility index (Phi) is 3.67. The highest BCUT2D eigenvalue weighted by atomic mass is 31.2. The minimum Gasteiger partial charge on any atom is -0.803 e. The van der Waals surface area contributed by atoms with E-state index in [9.17, 15) is 14.4 Å². The molecule has 7 heteroatoms. The highest BCUT2D eigenvalue weighted by Crippen LogP contribution is 2.22. The molecule has 0 heterocycles. The molecule has 0 aromatic carbocycles. The largest absolute Gasteiger partial charge is 1.00 e. The Balaban J connectivity index is -0.000000180. The molecule has 50 valence electrons. The van der Waals surface area contributed by atoms with Crippen molar-refractivity contribution in [1.29, 1.82) is 0 Å². The summed E-state index contributed by atoms with van der Waals surface area (Å²) >= 11 is 0. The van der Waals surface area contributed by atoms with Crippen molar-refractivity contribution in [1.82, 2.24) is 6.15 Å². The average molecular weight is 143 g/mol. The second-order valence-electron chi connectivity index (χ2n) is 0.780. The Morgan fingerprint density at radius 1 is 1.62 bits per heavy atom. The summed E-state index contributed by atoms with van der Waals surface area (Å²) in [4.78, 5) is 27.5. The molecule has 0 aliphatic carbocycles. The van der Waals surface area contributed by atoms with Crippen LogP contribution in [0.5, 0.6) is 0 Å². The van der Waals surface area contributed by atoms with Crippen molar-refractivity contribution in [3.8, 4) is 0 Å². The summed E-state index contributed by atoms with van der Waals surface area (Å²) in [5.41, 5.74) is -2.31. The van der Waals surface area contributed by atoms with E-state index in [1.54, 1.807) is 0 Å². The fourth-order valence-electron chi connectivity index (χ4n) is 0. The van der Waals surface area contributed by atoms with E-state index >= 15 is 0 Å². The Morgan fingerprint density at radius 3 is 1.75 bits per heavy atom. The average Bonchev–Trinajstić information content (AvgIpc) is 1.31. The lowest BCUT2D eigenvalue weighted by atomic mass is 11.6. The van der Waals surface area contributed by atoms with Crippen LogP contribution in [0.15, 0.2) is 0 Å². The van der Waals surface area contributed by atoms with E-state index in [2.05, 4.69) is 0 Å². The third kappa shape index (κ3) is 3.76. The maximum Gasteiger partial charge on any atom is 1.00 e.